The Hall–Kier alpha value is -2.53. The van der Waals surface area contributed by atoms with E-state index in [-0.39, 0.29) is 6.10 Å². The molecule has 0 aliphatic rings. The number of anilines is 1. The van der Waals surface area contributed by atoms with Crippen molar-refractivity contribution < 1.29 is 4.74 Å². The average molecular weight is 369 g/mol. The largest absolute Gasteiger partial charge is 0.378 e. The molecule has 0 saturated carbocycles. The zero-order valence-corrected chi connectivity index (χ0v) is 16.9. The molecule has 0 aliphatic carbocycles. The lowest BCUT2D eigenvalue weighted by atomic mass is 10.1. The molecule has 1 unspecified atom stereocenters. The number of hydrogen-bond donors (Lipinski definition) is 2. The van der Waals surface area contributed by atoms with Crippen LogP contribution in [0.3, 0.4) is 0 Å². The minimum atomic E-state index is 0.119. The van der Waals surface area contributed by atoms with Gasteiger partial charge in [-0.2, -0.15) is 0 Å². The summed E-state index contributed by atoms with van der Waals surface area (Å²) in [5.74, 6) is 0.808. The molecule has 5 heteroatoms. The summed E-state index contributed by atoms with van der Waals surface area (Å²) in [5, 5.41) is 6.68. The van der Waals surface area contributed by atoms with Crippen molar-refractivity contribution in [1.29, 1.82) is 0 Å². The lowest BCUT2D eigenvalue weighted by molar-refractivity contribution is 0.0646. The Morgan fingerprint density at radius 2 is 1.74 bits per heavy atom. The molecule has 2 aromatic rings. The van der Waals surface area contributed by atoms with Gasteiger partial charge >= 0.3 is 0 Å². The molecule has 1 atom stereocenters. The number of rotatable bonds is 9. The summed E-state index contributed by atoms with van der Waals surface area (Å²) < 4.78 is 5.90. The van der Waals surface area contributed by atoms with E-state index in [1.165, 1.54) is 16.8 Å². The molecule has 27 heavy (non-hydrogen) atoms. The number of guanidine groups is 1. The minimum absolute atomic E-state index is 0.119. The number of nitrogens with one attached hydrogen (secondary N) is 2. The number of nitrogens with zero attached hydrogens (tertiary/aromatic N) is 2. The third kappa shape index (κ3) is 7.31. The summed E-state index contributed by atoms with van der Waals surface area (Å²) in [4.78, 5) is 6.37. The Kier molecular flexibility index (Phi) is 8.65. The summed E-state index contributed by atoms with van der Waals surface area (Å²) >= 11 is 0. The van der Waals surface area contributed by atoms with E-state index < -0.39 is 0 Å². The number of aliphatic imine (C=N–C) groups is 1. The lowest BCUT2D eigenvalue weighted by Gasteiger charge is -2.15. The maximum atomic E-state index is 5.90. The molecule has 146 valence electrons. The fraction of sp³-hybridized carbons (Fsp3) is 0.409. The van der Waals surface area contributed by atoms with Crippen molar-refractivity contribution in [1.82, 2.24) is 10.6 Å². The molecule has 0 aliphatic heterocycles. The van der Waals surface area contributed by atoms with E-state index in [0.29, 0.717) is 6.61 Å². The van der Waals surface area contributed by atoms with E-state index in [0.717, 1.165) is 25.5 Å². The number of ether oxygens (including phenoxy) is 1. The third-order valence-corrected chi connectivity index (χ3v) is 4.39. The predicted molar refractivity (Wildman–Crippen MR) is 114 cm³/mol. The lowest BCUT2D eigenvalue weighted by Crippen LogP contribution is -2.37. The van der Waals surface area contributed by atoms with Crippen LogP contribution in [0.2, 0.25) is 0 Å². The van der Waals surface area contributed by atoms with Crippen molar-refractivity contribution in [3.63, 3.8) is 0 Å². The molecule has 0 aromatic heterocycles. The van der Waals surface area contributed by atoms with Gasteiger partial charge in [-0.05, 0) is 36.6 Å². The first-order valence-corrected chi connectivity index (χ1v) is 9.47. The topological polar surface area (TPSA) is 48.9 Å². The van der Waals surface area contributed by atoms with Crippen molar-refractivity contribution in [2.75, 3.05) is 39.2 Å². The van der Waals surface area contributed by atoms with Gasteiger partial charge in [0, 0.05) is 46.5 Å². The molecule has 0 spiro atoms. The number of benzene rings is 2. The molecule has 2 N–H and O–H groups in total. The highest BCUT2D eigenvalue weighted by atomic mass is 16.5. The Morgan fingerprint density at radius 1 is 1.04 bits per heavy atom. The van der Waals surface area contributed by atoms with Gasteiger partial charge in [-0.15, -0.1) is 0 Å². The zero-order chi connectivity index (χ0) is 19.5. The van der Waals surface area contributed by atoms with E-state index in [1.807, 2.05) is 32.3 Å². The van der Waals surface area contributed by atoms with Gasteiger partial charge in [-0.3, -0.25) is 4.99 Å². The van der Waals surface area contributed by atoms with Gasteiger partial charge in [-0.1, -0.05) is 42.5 Å². The molecular formula is C22H32N4O. The summed E-state index contributed by atoms with van der Waals surface area (Å²) in [6, 6.07) is 18.8. The van der Waals surface area contributed by atoms with Crippen molar-refractivity contribution in [3.8, 4) is 0 Å². The Morgan fingerprint density at radius 3 is 2.37 bits per heavy atom. The molecule has 0 fully saturated rings. The highest BCUT2D eigenvalue weighted by Crippen LogP contribution is 2.15. The van der Waals surface area contributed by atoms with Crippen molar-refractivity contribution >= 4 is 11.6 Å². The number of hydrogen-bond acceptors (Lipinski definition) is 3. The second kappa shape index (κ2) is 11.2. The van der Waals surface area contributed by atoms with Gasteiger partial charge in [-0.25, -0.2) is 0 Å². The van der Waals surface area contributed by atoms with Crippen LogP contribution in [0, 0.1) is 0 Å². The van der Waals surface area contributed by atoms with Gasteiger partial charge in [0.15, 0.2) is 5.96 Å². The minimum Gasteiger partial charge on any atom is -0.378 e. The summed E-state index contributed by atoms with van der Waals surface area (Å²) in [6.07, 6.45) is 1.05. The molecular weight excluding hydrogens is 336 g/mol. The van der Waals surface area contributed by atoms with Crippen molar-refractivity contribution in [2.45, 2.75) is 26.0 Å². The second-order valence-corrected chi connectivity index (χ2v) is 6.69. The van der Waals surface area contributed by atoms with Crippen molar-refractivity contribution in [3.05, 3.63) is 65.7 Å². The van der Waals surface area contributed by atoms with E-state index >= 15 is 0 Å². The average Bonchev–Trinajstić information content (AvgIpc) is 2.70. The van der Waals surface area contributed by atoms with Crippen LogP contribution < -0.4 is 15.5 Å². The molecule has 5 nitrogen and oxygen atoms in total. The molecule has 2 rings (SSSR count). The third-order valence-electron chi connectivity index (χ3n) is 4.39. The van der Waals surface area contributed by atoms with Gasteiger partial charge in [0.1, 0.15) is 0 Å². The summed E-state index contributed by atoms with van der Waals surface area (Å²) in [5.41, 5.74) is 3.64. The smallest absolute Gasteiger partial charge is 0.191 e. The van der Waals surface area contributed by atoms with Crippen LogP contribution >= 0.6 is 0 Å². The van der Waals surface area contributed by atoms with Gasteiger partial charge < -0.3 is 20.3 Å². The van der Waals surface area contributed by atoms with Crippen LogP contribution in [0.4, 0.5) is 5.69 Å². The molecule has 0 amide bonds. The SMILES string of the molecule is CN=C(NCCCOC(C)c1ccccc1)NCc1ccc(N(C)C)cc1. The second-order valence-electron chi connectivity index (χ2n) is 6.69. The predicted octanol–water partition coefficient (Wildman–Crippen LogP) is 3.59. The summed E-state index contributed by atoms with van der Waals surface area (Å²) in [6.45, 7) is 4.37. The first kappa shape index (κ1) is 20.8. The normalized spacial score (nSPS) is 12.5. The van der Waals surface area contributed by atoms with Gasteiger partial charge in [0.2, 0.25) is 0 Å². The first-order valence-electron chi connectivity index (χ1n) is 9.47. The zero-order valence-electron chi connectivity index (χ0n) is 16.9. The molecule has 2 aromatic carbocycles. The maximum absolute atomic E-state index is 5.90. The summed E-state index contributed by atoms with van der Waals surface area (Å²) in [7, 11) is 5.88. The standard InChI is InChI=1S/C22H32N4O/c1-18(20-9-6-5-7-10-20)27-16-8-15-24-22(23-2)25-17-19-11-13-21(14-12-19)26(3)4/h5-7,9-14,18H,8,15-17H2,1-4H3,(H2,23,24,25). The highest BCUT2D eigenvalue weighted by Gasteiger charge is 2.04. The Balaban J connectivity index is 1.64. The first-order chi connectivity index (χ1) is 13.1. The van der Waals surface area contributed by atoms with Crippen LogP contribution in [0.1, 0.15) is 30.6 Å². The monoisotopic (exact) mass is 368 g/mol. The van der Waals surface area contributed by atoms with E-state index in [1.54, 1.807) is 7.05 Å². The van der Waals surface area contributed by atoms with Crippen LogP contribution in [0.25, 0.3) is 0 Å². The van der Waals surface area contributed by atoms with Crippen molar-refractivity contribution in [2.24, 2.45) is 4.99 Å². The van der Waals surface area contributed by atoms with Crippen LogP contribution in [0.15, 0.2) is 59.6 Å². The maximum Gasteiger partial charge on any atom is 0.191 e. The van der Waals surface area contributed by atoms with E-state index in [4.69, 9.17) is 4.74 Å². The molecule has 0 heterocycles. The van der Waals surface area contributed by atoms with Crippen LogP contribution in [0.5, 0.6) is 0 Å². The van der Waals surface area contributed by atoms with Crippen LogP contribution in [-0.4, -0.2) is 40.3 Å². The van der Waals surface area contributed by atoms with E-state index in [2.05, 4.69) is 63.8 Å². The fourth-order valence-corrected chi connectivity index (χ4v) is 2.68. The fourth-order valence-electron chi connectivity index (χ4n) is 2.68. The van der Waals surface area contributed by atoms with Gasteiger partial charge in [0.25, 0.3) is 0 Å². The Bertz CT molecular complexity index is 683. The van der Waals surface area contributed by atoms with Gasteiger partial charge in [0.05, 0.1) is 6.10 Å². The highest BCUT2D eigenvalue weighted by molar-refractivity contribution is 5.79. The molecule has 0 bridgehead atoms. The Labute approximate surface area is 163 Å². The quantitative estimate of drug-likeness (QED) is 0.403. The molecule has 0 saturated heterocycles. The molecule has 0 radical (unpaired) electrons. The van der Waals surface area contributed by atoms with Crippen LogP contribution in [-0.2, 0) is 11.3 Å². The van der Waals surface area contributed by atoms with E-state index in [9.17, 15) is 0 Å².